The Kier molecular flexibility index (Phi) is 6.90. The summed E-state index contributed by atoms with van der Waals surface area (Å²) in [4.78, 5) is 4.09. The van der Waals surface area contributed by atoms with Crippen LogP contribution in [0.25, 0.3) is 0 Å². The summed E-state index contributed by atoms with van der Waals surface area (Å²) in [5.74, 6) is 0.843. The third kappa shape index (κ3) is 5.20. The van der Waals surface area contributed by atoms with Crippen LogP contribution in [0, 0.1) is 0 Å². The Hall–Kier alpha value is -1.53. The van der Waals surface area contributed by atoms with Crippen molar-refractivity contribution in [3.8, 4) is 11.8 Å². The van der Waals surface area contributed by atoms with Gasteiger partial charge in [-0.1, -0.05) is 0 Å². The van der Waals surface area contributed by atoms with Gasteiger partial charge in [-0.2, -0.15) is 4.98 Å². The standard InChI is InChI=1S/C12H20N2O4/c1-15-6-3-7-17-8-9-18-12-10(13)4-5-11(14-12)16-2/h4-5H,3,6-9,13H2,1-2H3. The molecule has 6 nitrogen and oxygen atoms in total. The molecule has 0 spiro atoms. The van der Waals surface area contributed by atoms with Crippen LogP contribution in [0.15, 0.2) is 12.1 Å². The molecule has 0 atom stereocenters. The van der Waals surface area contributed by atoms with E-state index in [-0.39, 0.29) is 0 Å². The number of hydrogen-bond acceptors (Lipinski definition) is 6. The molecule has 0 saturated heterocycles. The van der Waals surface area contributed by atoms with Gasteiger partial charge in [-0.15, -0.1) is 0 Å². The minimum absolute atomic E-state index is 0.370. The van der Waals surface area contributed by atoms with Gasteiger partial charge >= 0.3 is 0 Å². The van der Waals surface area contributed by atoms with E-state index in [1.165, 1.54) is 0 Å². The molecule has 1 rings (SSSR count). The van der Waals surface area contributed by atoms with Crippen molar-refractivity contribution in [3.63, 3.8) is 0 Å². The topological polar surface area (TPSA) is 75.8 Å². The van der Waals surface area contributed by atoms with E-state index in [1.54, 1.807) is 26.4 Å². The van der Waals surface area contributed by atoms with Crippen molar-refractivity contribution in [1.82, 2.24) is 4.98 Å². The molecule has 0 aliphatic carbocycles. The second kappa shape index (κ2) is 8.54. The SMILES string of the molecule is COCCCOCCOc1nc(OC)ccc1N. The molecule has 0 radical (unpaired) electrons. The Labute approximate surface area is 107 Å². The summed E-state index contributed by atoms with van der Waals surface area (Å²) in [5.41, 5.74) is 6.21. The van der Waals surface area contributed by atoms with Crippen molar-refractivity contribution in [2.45, 2.75) is 6.42 Å². The molecule has 0 bridgehead atoms. The van der Waals surface area contributed by atoms with Crippen molar-refractivity contribution < 1.29 is 18.9 Å². The maximum atomic E-state index is 5.72. The molecule has 102 valence electrons. The number of nitrogens with two attached hydrogens (primary N) is 1. The van der Waals surface area contributed by atoms with Crippen molar-refractivity contribution >= 4 is 5.69 Å². The first-order chi connectivity index (χ1) is 8.77. The van der Waals surface area contributed by atoms with Crippen LogP contribution in [-0.2, 0) is 9.47 Å². The quantitative estimate of drug-likeness (QED) is 0.667. The van der Waals surface area contributed by atoms with Crippen LogP contribution < -0.4 is 15.2 Å². The third-order valence-electron chi connectivity index (χ3n) is 2.18. The highest BCUT2D eigenvalue weighted by molar-refractivity contribution is 5.49. The normalized spacial score (nSPS) is 10.3. The van der Waals surface area contributed by atoms with Crippen molar-refractivity contribution in [2.24, 2.45) is 0 Å². The molecule has 0 saturated carbocycles. The molecule has 0 aliphatic rings. The Morgan fingerprint density at radius 3 is 2.67 bits per heavy atom. The lowest BCUT2D eigenvalue weighted by Gasteiger charge is -2.09. The van der Waals surface area contributed by atoms with E-state index in [4.69, 9.17) is 24.7 Å². The van der Waals surface area contributed by atoms with Gasteiger partial charge in [0, 0.05) is 26.4 Å². The first-order valence-corrected chi connectivity index (χ1v) is 5.78. The molecule has 2 N–H and O–H groups in total. The minimum atomic E-state index is 0.370. The zero-order valence-electron chi connectivity index (χ0n) is 10.8. The summed E-state index contributed by atoms with van der Waals surface area (Å²) in [5, 5.41) is 0. The zero-order chi connectivity index (χ0) is 13.2. The molecule has 6 heteroatoms. The molecular weight excluding hydrogens is 236 g/mol. The van der Waals surface area contributed by atoms with Gasteiger partial charge in [0.25, 0.3) is 0 Å². The molecule has 0 aromatic carbocycles. The zero-order valence-corrected chi connectivity index (χ0v) is 10.8. The summed E-state index contributed by atoms with van der Waals surface area (Å²) < 4.78 is 20.7. The molecule has 0 fully saturated rings. The van der Waals surface area contributed by atoms with Crippen LogP contribution in [0.5, 0.6) is 11.8 Å². The van der Waals surface area contributed by atoms with Crippen molar-refractivity contribution in [2.75, 3.05) is 46.4 Å². The number of methoxy groups -OCH3 is 2. The molecule has 1 aromatic rings. The third-order valence-corrected chi connectivity index (χ3v) is 2.18. The molecule has 0 unspecified atom stereocenters. The van der Waals surface area contributed by atoms with Crippen LogP contribution in [-0.4, -0.2) is 45.6 Å². The van der Waals surface area contributed by atoms with E-state index in [9.17, 15) is 0 Å². The highest BCUT2D eigenvalue weighted by atomic mass is 16.5. The fourth-order valence-electron chi connectivity index (χ4n) is 1.27. The van der Waals surface area contributed by atoms with Crippen molar-refractivity contribution in [1.29, 1.82) is 0 Å². The van der Waals surface area contributed by atoms with Gasteiger partial charge in [0.1, 0.15) is 6.61 Å². The second-order valence-electron chi connectivity index (χ2n) is 3.56. The fraction of sp³-hybridized carbons (Fsp3) is 0.583. The Morgan fingerprint density at radius 1 is 1.11 bits per heavy atom. The molecule has 1 aromatic heterocycles. The average Bonchev–Trinajstić information content (AvgIpc) is 2.39. The number of ether oxygens (including phenoxy) is 4. The molecular formula is C12H20N2O4. The first-order valence-electron chi connectivity index (χ1n) is 5.78. The number of nitrogen functional groups attached to an aromatic ring is 1. The minimum Gasteiger partial charge on any atom is -0.481 e. The van der Waals surface area contributed by atoms with Crippen LogP contribution in [0.3, 0.4) is 0 Å². The van der Waals surface area contributed by atoms with Gasteiger partial charge < -0.3 is 24.7 Å². The predicted octanol–water partition coefficient (Wildman–Crippen LogP) is 1.10. The van der Waals surface area contributed by atoms with Gasteiger partial charge in [-0.25, -0.2) is 0 Å². The maximum Gasteiger partial charge on any atom is 0.240 e. The summed E-state index contributed by atoms with van der Waals surface area (Å²) in [7, 11) is 3.21. The average molecular weight is 256 g/mol. The van der Waals surface area contributed by atoms with Crippen LogP contribution >= 0.6 is 0 Å². The number of pyridine rings is 1. The van der Waals surface area contributed by atoms with Gasteiger partial charge in [0.15, 0.2) is 0 Å². The predicted molar refractivity (Wildman–Crippen MR) is 68.0 cm³/mol. The summed E-state index contributed by atoms with van der Waals surface area (Å²) in [6.45, 7) is 2.24. The molecule has 18 heavy (non-hydrogen) atoms. The number of nitrogens with zero attached hydrogens (tertiary/aromatic N) is 1. The van der Waals surface area contributed by atoms with E-state index in [0.29, 0.717) is 43.9 Å². The van der Waals surface area contributed by atoms with E-state index in [0.717, 1.165) is 6.42 Å². The largest absolute Gasteiger partial charge is 0.481 e. The number of rotatable bonds is 9. The molecule has 0 aliphatic heterocycles. The van der Waals surface area contributed by atoms with Crippen LogP contribution in [0.1, 0.15) is 6.42 Å². The smallest absolute Gasteiger partial charge is 0.240 e. The van der Waals surface area contributed by atoms with Gasteiger partial charge in [-0.05, 0) is 12.5 Å². The highest BCUT2D eigenvalue weighted by Crippen LogP contribution is 2.21. The Balaban J connectivity index is 2.22. The molecule has 1 heterocycles. The van der Waals surface area contributed by atoms with E-state index >= 15 is 0 Å². The lowest BCUT2D eigenvalue weighted by molar-refractivity contribution is 0.0796. The lowest BCUT2D eigenvalue weighted by Crippen LogP contribution is -2.10. The summed E-state index contributed by atoms with van der Waals surface area (Å²) >= 11 is 0. The second-order valence-corrected chi connectivity index (χ2v) is 3.56. The lowest BCUT2D eigenvalue weighted by atomic mass is 10.4. The van der Waals surface area contributed by atoms with E-state index in [2.05, 4.69) is 4.98 Å². The number of hydrogen-bond donors (Lipinski definition) is 1. The van der Waals surface area contributed by atoms with Crippen molar-refractivity contribution in [3.05, 3.63) is 12.1 Å². The number of anilines is 1. The Bertz CT molecular complexity index is 347. The Morgan fingerprint density at radius 2 is 1.94 bits per heavy atom. The van der Waals surface area contributed by atoms with Gasteiger partial charge in [0.2, 0.25) is 11.8 Å². The maximum absolute atomic E-state index is 5.72. The van der Waals surface area contributed by atoms with Gasteiger partial charge in [-0.3, -0.25) is 0 Å². The fourth-order valence-corrected chi connectivity index (χ4v) is 1.27. The van der Waals surface area contributed by atoms with Gasteiger partial charge in [0.05, 0.1) is 19.4 Å². The van der Waals surface area contributed by atoms with E-state index in [1.807, 2.05) is 0 Å². The first kappa shape index (κ1) is 14.5. The number of aromatic nitrogens is 1. The van der Waals surface area contributed by atoms with Crippen LogP contribution in [0.4, 0.5) is 5.69 Å². The monoisotopic (exact) mass is 256 g/mol. The summed E-state index contributed by atoms with van der Waals surface area (Å²) in [6, 6.07) is 3.38. The summed E-state index contributed by atoms with van der Waals surface area (Å²) in [6.07, 6.45) is 0.871. The highest BCUT2D eigenvalue weighted by Gasteiger charge is 2.04. The van der Waals surface area contributed by atoms with E-state index < -0.39 is 0 Å². The molecule has 0 amide bonds. The van der Waals surface area contributed by atoms with Crippen LogP contribution in [0.2, 0.25) is 0 Å².